The summed E-state index contributed by atoms with van der Waals surface area (Å²) in [5, 5.41) is 15.6. The van der Waals surface area contributed by atoms with Crippen molar-refractivity contribution in [2.24, 2.45) is 0 Å². The minimum absolute atomic E-state index is 0.0416. The summed E-state index contributed by atoms with van der Waals surface area (Å²) in [6, 6.07) is 12.4. The molecule has 1 aliphatic rings. The number of anilines is 5. The van der Waals surface area contributed by atoms with Crippen LogP contribution in [-0.4, -0.2) is 47.8 Å². The van der Waals surface area contributed by atoms with Gasteiger partial charge in [0.15, 0.2) is 5.65 Å². The van der Waals surface area contributed by atoms with Crippen molar-refractivity contribution in [3.05, 3.63) is 59.5 Å². The van der Waals surface area contributed by atoms with Crippen molar-refractivity contribution in [2.45, 2.75) is 38.8 Å². The van der Waals surface area contributed by atoms with Gasteiger partial charge in [0.2, 0.25) is 10.0 Å². The molecule has 0 bridgehead atoms. The molecule has 0 radical (unpaired) electrons. The molecule has 11 nitrogen and oxygen atoms in total. The van der Waals surface area contributed by atoms with Crippen molar-refractivity contribution >= 4 is 49.9 Å². The Hall–Kier alpha value is -4.35. The van der Waals surface area contributed by atoms with E-state index in [4.69, 9.17) is 14.7 Å². The molecule has 3 aromatic heterocycles. The fourth-order valence-electron chi connectivity index (χ4n) is 4.68. The first-order valence-electron chi connectivity index (χ1n) is 12.8. The lowest BCUT2D eigenvalue weighted by Crippen LogP contribution is -2.25. The van der Waals surface area contributed by atoms with Gasteiger partial charge in [-0.25, -0.2) is 32.2 Å². The summed E-state index contributed by atoms with van der Waals surface area (Å²) in [6.45, 7) is 2.45. The summed E-state index contributed by atoms with van der Waals surface area (Å²) < 4.78 is 60.8. The molecule has 0 aliphatic carbocycles. The highest BCUT2D eigenvalue weighted by molar-refractivity contribution is 7.92. The summed E-state index contributed by atoms with van der Waals surface area (Å²) >= 11 is 0. The molecule has 4 heterocycles. The number of aromatic nitrogens is 4. The Bertz CT molecular complexity index is 1750. The predicted molar refractivity (Wildman–Crippen MR) is 151 cm³/mol. The molecule has 1 atom stereocenters. The van der Waals surface area contributed by atoms with Crippen LogP contribution < -0.4 is 14.9 Å². The molecule has 5 rings (SSSR count). The highest BCUT2D eigenvalue weighted by Gasteiger charge is 2.25. The molecule has 1 unspecified atom stereocenters. The maximum Gasteiger partial charge on any atom is 0.263 e. The Morgan fingerprint density at radius 3 is 2.59 bits per heavy atom. The maximum absolute atomic E-state index is 13.6. The third-order valence-corrected chi connectivity index (χ3v) is 7.96. The number of fused-ring (bicyclic) bond motifs is 1. The van der Waals surface area contributed by atoms with Gasteiger partial charge in [-0.2, -0.15) is 5.26 Å². The van der Waals surface area contributed by atoms with Crippen LogP contribution in [0.3, 0.4) is 0 Å². The van der Waals surface area contributed by atoms with Gasteiger partial charge in [-0.05, 0) is 50.5 Å². The Labute approximate surface area is 235 Å². The Morgan fingerprint density at radius 1 is 1.10 bits per heavy atom. The number of aryl methyl sites for hydroxylation is 1. The van der Waals surface area contributed by atoms with E-state index < -0.39 is 16.4 Å². The van der Waals surface area contributed by atoms with Crippen molar-refractivity contribution < 1.29 is 21.9 Å². The van der Waals surface area contributed by atoms with Gasteiger partial charge in [0.05, 0.1) is 23.3 Å². The molecule has 1 saturated heterocycles. The van der Waals surface area contributed by atoms with Gasteiger partial charge in [0.25, 0.3) is 6.43 Å². The molecule has 1 fully saturated rings. The monoisotopic (exact) mass is 582 g/mol. The van der Waals surface area contributed by atoms with E-state index in [0.717, 1.165) is 35.9 Å². The van der Waals surface area contributed by atoms with Crippen LogP contribution in [0.2, 0.25) is 0 Å². The van der Waals surface area contributed by atoms with Crippen LogP contribution in [0.15, 0.2) is 42.5 Å². The number of ether oxygens (including phenoxy) is 1. The van der Waals surface area contributed by atoms with E-state index >= 15 is 0 Å². The summed E-state index contributed by atoms with van der Waals surface area (Å²) in [7, 11) is -2.48. The van der Waals surface area contributed by atoms with Gasteiger partial charge in [0, 0.05) is 25.3 Å². The van der Waals surface area contributed by atoms with E-state index in [-0.39, 0.29) is 28.9 Å². The lowest BCUT2D eigenvalue weighted by molar-refractivity contribution is -0.0308. The van der Waals surface area contributed by atoms with Gasteiger partial charge >= 0.3 is 0 Å². The number of imidazole rings is 1. The lowest BCUT2D eigenvalue weighted by Gasteiger charge is -2.25. The quantitative estimate of drug-likeness (QED) is 0.275. The number of sulfonamides is 1. The van der Waals surface area contributed by atoms with Crippen molar-refractivity contribution in [3.8, 4) is 6.07 Å². The van der Waals surface area contributed by atoms with Gasteiger partial charge in [-0.15, -0.1) is 0 Å². The van der Waals surface area contributed by atoms with Crippen molar-refractivity contribution in [3.63, 3.8) is 0 Å². The second-order valence-corrected chi connectivity index (χ2v) is 11.7. The third kappa shape index (κ3) is 5.91. The van der Waals surface area contributed by atoms with Crippen LogP contribution in [0.4, 0.5) is 37.5 Å². The van der Waals surface area contributed by atoms with Gasteiger partial charge in [-0.1, -0.05) is 12.1 Å². The van der Waals surface area contributed by atoms with Crippen molar-refractivity contribution in [1.29, 1.82) is 5.26 Å². The Balaban J connectivity index is 1.66. The number of pyridine rings is 2. The van der Waals surface area contributed by atoms with Crippen LogP contribution in [0, 0.1) is 18.3 Å². The predicted octanol–water partition coefficient (Wildman–Crippen LogP) is 5.53. The maximum atomic E-state index is 13.6. The summed E-state index contributed by atoms with van der Waals surface area (Å²) in [5.41, 5.74) is 1.64. The number of nitriles is 1. The molecule has 214 valence electrons. The molecule has 0 amide bonds. The van der Waals surface area contributed by atoms with Crippen LogP contribution in [-0.2, 0) is 14.8 Å². The zero-order valence-electron chi connectivity index (χ0n) is 22.6. The summed E-state index contributed by atoms with van der Waals surface area (Å²) in [6.07, 6.45) is 0.650. The van der Waals surface area contributed by atoms with Crippen LogP contribution in [0.1, 0.15) is 49.0 Å². The average molecular weight is 583 g/mol. The molecule has 1 aliphatic heterocycles. The van der Waals surface area contributed by atoms with E-state index in [1.165, 1.54) is 19.2 Å². The number of alkyl halides is 2. The summed E-state index contributed by atoms with van der Waals surface area (Å²) in [4.78, 5) is 13.8. The molecular formula is C27H28F2N8O3S. The molecule has 1 aromatic carbocycles. The molecule has 41 heavy (non-hydrogen) atoms. The number of nitrogens with one attached hydrogen (secondary N) is 2. The first kappa shape index (κ1) is 28.2. The van der Waals surface area contributed by atoms with Crippen molar-refractivity contribution in [1.82, 2.24) is 19.5 Å². The number of halogens is 2. The number of benzene rings is 1. The average Bonchev–Trinajstić information content (AvgIpc) is 3.28. The van der Waals surface area contributed by atoms with E-state index in [0.29, 0.717) is 40.9 Å². The smallest absolute Gasteiger partial charge is 0.263 e. The first-order valence-corrected chi connectivity index (χ1v) is 14.7. The van der Waals surface area contributed by atoms with Crippen LogP contribution in [0.5, 0.6) is 0 Å². The zero-order valence-corrected chi connectivity index (χ0v) is 23.4. The second kappa shape index (κ2) is 11.3. The highest BCUT2D eigenvalue weighted by Crippen LogP contribution is 2.38. The highest BCUT2D eigenvalue weighted by atomic mass is 32.2. The van der Waals surface area contributed by atoms with E-state index in [9.17, 15) is 22.5 Å². The fraction of sp³-hybridized carbons (Fsp3) is 0.333. The van der Waals surface area contributed by atoms with E-state index in [1.54, 1.807) is 24.3 Å². The van der Waals surface area contributed by atoms with Gasteiger partial charge in [0.1, 0.15) is 41.0 Å². The van der Waals surface area contributed by atoms with E-state index in [1.807, 2.05) is 17.6 Å². The minimum atomic E-state index is -3.78. The fourth-order valence-corrected chi connectivity index (χ4v) is 5.18. The van der Waals surface area contributed by atoms with Crippen LogP contribution in [0.25, 0.3) is 11.2 Å². The van der Waals surface area contributed by atoms with Crippen LogP contribution >= 0.6 is 0 Å². The second-order valence-electron chi connectivity index (χ2n) is 9.66. The molecule has 0 spiro atoms. The van der Waals surface area contributed by atoms with Gasteiger partial charge in [-0.3, -0.25) is 8.87 Å². The third-order valence-electron chi connectivity index (χ3n) is 6.77. The molecule has 2 N–H and O–H groups in total. The molecule has 14 heteroatoms. The number of rotatable bonds is 8. The van der Waals surface area contributed by atoms with Crippen molar-refractivity contribution in [2.75, 3.05) is 34.8 Å². The Morgan fingerprint density at radius 2 is 1.90 bits per heavy atom. The number of nitrogens with zero attached hydrogens (tertiary/aromatic N) is 6. The minimum Gasteiger partial charge on any atom is -0.358 e. The SMILES string of the molecule is Cc1nc2c(Nc3ccc(C(F)F)cc3N(C)S(C)(=O)=O)cc(Nc3cccc(C#N)n3)nc2n1C1CCCCO1. The standard InChI is InChI=1S/C27H28F2N8O3S/c1-16-31-25-20(33-19-11-10-17(26(28)29)13-21(19)36(2)41(3,38)39)14-23(34-22-8-6-7-18(15-30)32-22)35-27(25)37(16)24-9-4-5-12-40-24/h6-8,10-11,13-14,24,26H,4-5,9,12H2,1-3H3,(H2,32,33,34,35). The number of hydrogen-bond acceptors (Lipinski definition) is 9. The Kier molecular flexibility index (Phi) is 7.74. The van der Waals surface area contributed by atoms with Gasteiger partial charge < -0.3 is 15.4 Å². The number of hydrogen-bond donors (Lipinski definition) is 2. The largest absolute Gasteiger partial charge is 0.358 e. The summed E-state index contributed by atoms with van der Waals surface area (Å²) in [5.74, 6) is 1.41. The normalized spacial score (nSPS) is 15.6. The zero-order chi connectivity index (χ0) is 29.3. The topological polar surface area (TPSA) is 138 Å². The molecular weight excluding hydrogens is 554 g/mol. The molecule has 4 aromatic rings. The molecule has 0 saturated carbocycles. The lowest BCUT2D eigenvalue weighted by atomic mass is 10.1. The first-order chi connectivity index (χ1) is 19.5. The van der Waals surface area contributed by atoms with E-state index in [2.05, 4.69) is 15.6 Å².